The van der Waals surface area contributed by atoms with Crippen molar-refractivity contribution >= 4 is 41.0 Å². The number of fused-ring (bicyclic) bond motifs is 2. The molecule has 63 heavy (non-hydrogen) atoms. The summed E-state index contributed by atoms with van der Waals surface area (Å²) in [4.78, 5) is 72.3. The molecule has 0 saturated carbocycles. The number of hydrogen-bond donors (Lipinski definition) is 3. The third kappa shape index (κ3) is 8.08. The predicted octanol–water partition coefficient (Wildman–Crippen LogP) is 5.29. The third-order valence-corrected chi connectivity index (χ3v) is 14.4. The molecule has 4 aromatic rings. The van der Waals surface area contributed by atoms with Gasteiger partial charge in [-0.2, -0.15) is 5.10 Å². The van der Waals surface area contributed by atoms with Gasteiger partial charge in [-0.3, -0.25) is 34.2 Å². The Hall–Kier alpha value is -6.06. The highest BCUT2D eigenvalue weighted by atomic mass is 16.5. The summed E-state index contributed by atoms with van der Waals surface area (Å²) in [5.74, 6) is 0.877. The molecule has 0 bridgehead atoms. The molecule has 6 aliphatic heterocycles. The number of ether oxygens (including phenoxy) is 1. The number of para-hydroxylation sites is 1. The Labute approximate surface area is 366 Å². The van der Waals surface area contributed by atoms with Crippen LogP contribution in [0.15, 0.2) is 72.8 Å². The van der Waals surface area contributed by atoms with Gasteiger partial charge >= 0.3 is 0 Å². The lowest BCUT2D eigenvalue weighted by Gasteiger charge is -2.44. The van der Waals surface area contributed by atoms with Crippen molar-refractivity contribution in [2.24, 2.45) is 17.6 Å². The molecule has 4 fully saturated rings. The Kier molecular flexibility index (Phi) is 11.2. The van der Waals surface area contributed by atoms with E-state index in [2.05, 4.69) is 30.0 Å². The van der Waals surface area contributed by atoms with Crippen LogP contribution < -0.4 is 26.0 Å². The van der Waals surface area contributed by atoms with Crippen molar-refractivity contribution in [3.63, 3.8) is 0 Å². The second-order valence-corrected chi connectivity index (χ2v) is 18.1. The molecule has 0 spiro atoms. The molecule has 3 aromatic carbocycles. The highest BCUT2D eigenvalue weighted by Crippen LogP contribution is 2.41. The lowest BCUT2D eigenvalue weighted by atomic mass is 9.85. The summed E-state index contributed by atoms with van der Waals surface area (Å²) in [6.07, 6.45) is 7.89. The van der Waals surface area contributed by atoms with Gasteiger partial charge in [0, 0.05) is 49.9 Å². The molecular weight excluding hydrogens is 799 g/mol. The molecule has 1 unspecified atom stereocenters. The van der Waals surface area contributed by atoms with Crippen LogP contribution in [-0.4, -0.2) is 118 Å². The van der Waals surface area contributed by atoms with Crippen LogP contribution in [0, 0.1) is 11.8 Å². The Morgan fingerprint density at radius 1 is 0.762 bits per heavy atom. The van der Waals surface area contributed by atoms with Crippen LogP contribution >= 0.6 is 0 Å². The molecule has 328 valence electrons. The largest absolute Gasteiger partial charge is 0.457 e. The lowest BCUT2D eigenvalue weighted by Crippen LogP contribution is -2.54. The molecule has 6 aliphatic rings. The quantitative estimate of drug-likeness (QED) is 0.177. The fraction of sp³-hybridized carbons (Fsp3) is 0.458. The minimum absolute atomic E-state index is 0.101. The summed E-state index contributed by atoms with van der Waals surface area (Å²) in [5, 5.41) is 10.8. The van der Waals surface area contributed by atoms with Gasteiger partial charge in [-0.25, -0.2) is 4.68 Å². The maximum atomic E-state index is 13.4. The summed E-state index contributed by atoms with van der Waals surface area (Å²) in [6.45, 7) is 8.01. The summed E-state index contributed by atoms with van der Waals surface area (Å²) in [5.41, 5.74) is 9.46. The number of carbonyl (C=O) groups excluding carboxylic acids is 5. The van der Waals surface area contributed by atoms with Crippen molar-refractivity contribution < 1.29 is 28.7 Å². The molecule has 15 heteroatoms. The van der Waals surface area contributed by atoms with Crippen molar-refractivity contribution in [3.05, 3.63) is 89.5 Å². The van der Waals surface area contributed by atoms with Gasteiger partial charge in [0.25, 0.3) is 17.7 Å². The van der Waals surface area contributed by atoms with Crippen molar-refractivity contribution in [2.45, 2.75) is 75.9 Å². The monoisotopic (exact) mass is 853 g/mol. The number of aromatic nitrogens is 2. The number of anilines is 2. The number of piperidine rings is 4. The summed E-state index contributed by atoms with van der Waals surface area (Å²) in [6, 6.07) is 22.6. The molecule has 5 amide bonds. The van der Waals surface area contributed by atoms with Crippen molar-refractivity contribution in [2.75, 3.05) is 62.6 Å². The zero-order valence-electron chi connectivity index (χ0n) is 35.5. The average Bonchev–Trinajstić information content (AvgIpc) is 3.82. The smallest absolute Gasteiger partial charge is 0.262 e. The number of nitrogens with zero attached hydrogens (tertiary/aromatic N) is 6. The topological polar surface area (TPSA) is 175 Å². The van der Waals surface area contributed by atoms with E-state index in [9.17, 15) is 24.0 Å². The van der Waals surface area contributed by atoms with Crippen LogP contribution in [-0.2, 0) is 9.59 Å². The van der Waals surface area contributed by atoms with Gasteiger partial charge in [0.15, 0.2) is 0 Å². The van der Waals surface area contributed by atoms with E-state index in [0.29, 0.717) is 46.0 Å². The van der Waals surface area contributed by atoms with Crippen LogP contribution in [0.2, 0.25) is 0 Å². The molecule has 7 heterocycles. The molecule has 10 rings (SSSR count). The number of amides is 5. The first-order valence-electron chi connectivity index (χ1n) is 22.7. The van der Waals surface area contributed by atoms with Crippen LogP contribution in [0.25, 0.3) is 11.3 Å². The van der Waals surface area contributed by atoms with Gasteiger partial charge < -0.3 is 30.5 Å². The van der Waals surface area contributed by atoms with E-state index in [-0.39, 0.29) is 24.8 Å². The second-order valence-electron chi connectivity index (χ2n) is 18.1. The minimum Gasteiger partial charge on any atom is -0.457 e. The number of nitrogens with two attached hydrogens (primary N) is 1. The van der Waals surface area contributed by atoms with E-state index in [4.69, 9.17) is 15.6 Å². The zero-order chi connectivity index (χ0) is 43.2. The number of hydrogen-bond acceptors (Lipinski definition) is 11. The highest BCUT2D eigenvalue weighted by molar-refractivity contribution is 6.23. The minimum atomic E-state index is -0.962. The van der Waals surface area contributed by atoms with Gasteiger partial charge in [-0.05, 0) is 144 Å². The van der Waals surface area contributed by atoms with Crippen LogP contribution in [0.4, 0.5) is 11.5 Å². The molecule has 4 saturated heterocycles. The zero-order valence-corrected chi connectivity index (χ0v) is 35.5. The maximum absolute atomic E-state index is 13.4. The van der Waals surface area contributed by atoms with Gasteiger partial charge in [0.05, 0.1) is 17.2 Å². The molecule has 2 atom stereocenters. The van der Waals surface area contributed by atoms with E-state index in [1.54, 1.807) is 12.1 Å². The van der Waals surface area contributed by atoms with Crippen molar-refractivity contribution in [1.82, 2.24) is 29.8 Å². The van der Waals surface area contributed by atoms with Gasteiger partial charge in [-0.1, -0.05) is 18.2 Å². The van der Waals surface area contributed by atoms with E-state index in [1.807, 2.05) is 60.7 Å². The van der Waals surface area contributed by atoms with E-state index in [0.717, 1.165) is 112 Å². The average molecular weight is 854 g/mol. The number of likely N-dealkylation sites (tertiary alicyclic amines) is 2. The molecule has 1 aromatic heterocycles. The predicted molar refractivity (Wildman–Crippen MR) is 237 cm³/mol. The van der Waals surface area contributed by atoms with E-state index in [1.165, 1.54) is 12.8 Å². The number of imide groups is 2. The molecule has 0 radical (unpaired) electrons. The van der Waals surface area contributed by atoms with Crippen molar-refractivity contribution in [3.8, 4) is 22.8 Å². The van der Waals surface area contributed by atoms with Gasteiger partial charge in [0.2, 0.25) is 11.8 Å². The first kappa shape index (κ1) is 41.0. The van der Waals surface area contributed by atoms with Crippen LogP contribution in [0.3, 0.4) is 0 Å². The first-order chi connectivity index (χ1) is 30.7. The number of nitrogens with one attached hydrogen (secondary N) is 2. The fourth-order valence-electron chi connectivity index (χ4n) is 11.0. The Morgan fingerprint density at radius 3 is 2.19 bits per heavy atom. The SMILES string of the molecule is NC(=O)c1c(-c2ccc(Oc3ccccc3)cc2)nn2c1NCC[C@H]2C1CCN(C2CCN(CC3CCN(c4ccc5c(c4)C(=O)N(C4CCC(=O)NC4=O)C5=O)CC3)CC2)CC1. The van der Waals surface area contributed by atoms with Crippen molar-refractivity contribution in [1.29, 1.82) is 0 Å². The first-order valence-corrected chi connectivity index (χ1v) is 22.7. The maximum Gasteiger partial charge on any atom is 0.262 e. The van der Waals surface area contributed by atoms with Gasteiger partial charge in [-0.15, -0.1) is 0 Å². The standard InChI is InChI=1S/C48H55N9O6/c49-44(59)42-43(32-6-9-36(10-7-32)63-35-4-2-1-3-5-35)52-57-39(14-21-50-45(42)57)31-17-26-54(27-18-31)33-19-22-53(23-20-33)29-30-15-24-55(25-16-30)34-8-11-37-38(28-34)48(62)56(47(37)61)40-12-13-41(58)51-46(40)60/h1-11,28,30-31,33,39-40,50H,12-27,29H2,(H2,49,59)(H,51,58,60)/t39-,40?/m0/s1. The number of primary amides is 1. The number of carbonyl (C=O) groups is 5. The Bertz CT molecular complexity index is 2400. The number of rotatable bonds is 10. The van der Waals surface area contributed by atoms with Gasteiger partial charge in [0.1, 0.15) is 34.6 Å². The molecule has 0 aliphatic carbocycles. The molecule has 15 nitrogen and oxygen atoms in total. The van der Waals surface area contributed by atoms with Crippen LogP contribution in [0.1, 0.15) is 94.9 Å². The summed E-state index contributed by atoms with van der Waals surface area (Å²) < 4.78 is 8.06. The number of benzene rings is 3. The normalized spacial score (nSPS) is 23.0. The van der Waals surface area contributed by atoms with E-state index >= 15 is 0 Å². The molecule has 4 N–H and O–H groups in total. The highest BCUT2D eigenvalue weighted by Gasteiger charge is 2.45. The Balaban J connectivity index is 0.695. The lowest BCUT2D eigenvalue weighted by molar-refractivity contribution is -0.136. The third-order valence-electron chi connectivity index (χ3n) is 14.4. The second kappa shape index (κ2) is 17.2. The summed E-state index contributed by atoms with van der Waals surface area (Å²) in [7, 11) is 0. The summed E-state index contributed by atoms with van der Waals surface area (Å²) >= 11 is 0. The molecular formula is C48H55N9O6. The van der Waals surface area contributed by atoms with E-state index < -0.39 is 29.7 Å². The Morgan fingerprint density at radius 2 is 1.48 bits per heavy atom. The fourth-order valence-corrected chi connectivity index (χ4v) is 11.0. The van der Waals surface area contributed by atoms with Crippen LogP contribution in [0.5, 0.6) is 11.5 Å².